The predicted octanol–water partition coefficient (Wildman–Crippen LogP) is 2.43. The van der Waals surface area contributed by atoms with Gasteiger partial charge in [-0.05, 0) is 24.1 Å². The Morgan fingerprint density at radius 3 is 2.17 bits per heavy atom. The summed E-state index contributed by atoms with van der Waals surface area (Å²) in [5.74, 6) is -0.813. The Bertz CT molecular complexity index is 1170. The van der Waals surface area contributed by atoms with Gasteiger partial charge in [-0.1, -0.05) is 47.6 Å². The van der Waals surface area contributed by atoms with Crippen molar-refractivity contribution in [3.05, 3.63) is 83.0 Å². The molecule has 1 unspecified atom stereocenters. The summed E-state index contributed by atoms with van der Waals surface area (Å²) < 4.78 is 28.9. The van der Waals surface area contributed by atoms with Crippen molar-refractivity contribution in [3.8, 4) is 0 Å². The summed E-state index contributed by atoms with van der Waals surface area (Å²) >= 11 is 0. The first-order chi connectivity index (χ1) is 14.3. The minimum absolute atomic E-state index is 0.0305. The van der Waals surface area contributed by atoms with Crippen molar-refractivity contribution >= 4 is 21.7 Å². The van der Waals surface area contributed by atoms with E-state index in [0.29, 0.717) is 12.2 Å². The largest absolute Gasteiger partial charge is 0.337 e. The van der Waals surface area contributed by atoms with E-state index in [1.807, 2.05) is 30.3 Å². The molecule has 0 N–H and O–H groups in total. The van der Waals surface area contributed by atoms with Crippen molar-refractivity contribution in [1.29, 1.82) is 0 Å². The van der Waals surface area contributed by atoms with Crippen molar-refractivity contribution < 1.29 is 22.5 Å². The van der Waals surface area contributed by atoms with E-state index >= 15 is 0 Å². The fourth-order valence-electron chi connectivity index (χ4n) is 3.43. The number of fused-ring (bicyclic) bond motifs is 1. The van der Waals surface area contributed by atoms with Crippen LogP contribution in [0.15, 0.2) is 59.1 Å². The first kappa shape index (κ1) is 20.0. The van der Waals surface area contributed by atoms with Gasteiger partial charge in [0.05, 0.1) is 16.9 Å². The Hall–Kier alpha value is -3.33. The molecular weight excluding hydrogens is 406 g/mol. The van der Waals surface area contributed by atoms with Crippen LogP contribution in [0.4, 0.5) is 0 Å². The van der Waals surface area contributed by atoms with E-state index in [0.717, 1.165) is 16.7 Å². The number of carbonyl (C=O) groups is 2. The van der Waals surface area contributed by atoms with Gasteiger partial charge in [-0.25, -0.2) is 8.42 Å². The van der Waals surface area contributed by atoms with Crippen molar-refractivity contribution in [2.75, 3.05) is 12.0 Å². The second kappa shape index (κ2) is 7.83. The molecule has 2 amide bonds. The molecule has 0 radical (unpaired) electrons. The van der Waals surface area contributed by atoms with Gasteiger partial charge in [0.15, 0.2) is 5.82 Å². The second-order valence-electron chi connectivity index (χ2n) is 7.17. The van der Waals surface area contributed by atoms with Crippen LogP contribution in [0, 0.1) is 0 Å². The minimum atomic E-state index is -3.34. The Morgan fingerprint density at radius 1 is 0.967 bits per heavy atom. The molecule has 0 saturated carbocycles. The summed E-state index contributed by atoms with van der Waals surface area (Å²) in [6.07, 6.45) is 1.48. The number of sulfone groups is 1. The van der Waals surface area contributed by atoms with Crippen molar-refractivity contribution in [2.24, 2.45) is 0 Å². The first-order valence-corrected chi connectivity index (χ1v) is 11.4. The molecule has 2 aromatic carbocycles. The molecule has 1 aliphatic heterocycles. The van der Waals surface area contributed by atoms with Crippen LogP contribution in [0.3, 0.4) is 0 Å². The third kappa shape index (κ3) is 4.02. The van der Waals surface area contributed by atoms with Gasteiger partial charge in [0.1, 0.15) is 15.9 Å². The number of benzene rings is 2. The predicted molar refractivity (Wildman–Crippen MR) is 108 cm³/mol. The zero-order valence-electron chi connectivity index (χ0n) is 16.2. The smallest absolute Gasteiger partial charge is 0.262 e. The standard InChI is InChI=1S/C21H19N3O5S/c1-30(27,28)12-11-17(24-20(25)15-9-5-6-10-16(15)21(24)26)19-22-18(23-29-19)13-14-7-3-2-4-8-14/h2-10,17H,11-13H2,1H3. The van der Waals surface area contributed by atoms with Gasteiger partial charge in [-0.15, -0.1) is 0 Å². The second-order valence-corrected chi connectivity index (χ2v) is 9.43. The van der Waals surface area contributed by atoms with E-state index in [9.17, 15) is 18.0 Å². The molecule has 0 aliphatic carbocycles. The van der Waals surface area contributed by atoms with Crippen molar-refractivity contribution in [2.45, 2.75) is 18.9 Å². The highest BCUT2D eigenvalue weighted by atomic mass is 32.2. The van der Waals surface area contributed by atoms with Gasteiger partial charge in [0.2, 0.25) is 5.89 Å². The number of carbonyl (C=O) groups excluding carboxylic acids is 2. The van der Waals surface area contributed by atoms with Crippen LogP contribution in [0.2, 0.25) is 0 Å². The highest BCUT2D eigenvalue weighted by molar-refractivity contribution is 7.90. The first-order valence-electron chi connectivity index (χ1n) is 9.34. The number of aromatic nitrogens is 2. The lowest BCUT2D eigenvalue weighted by atomic mass is 10.1. The Labute approximate surface area is 173 Å². The van der Waals surface area contributed by atoms with Crippen LogP contribution in [0.25, 0.3) is 0 Å². The molecule has 0 spiro atoms. The topological polar surface area (TPSA) is 110 Å². The molecule has 0 fully saturated rings. The SMILES string of the molecule is CS(=O)(=O)CCC(c1nc(Cc2ccccc2)no1)N1C(=O)c2ccccc2C1=O. The summed E-state index contributed by atoms with van der Waals surface area (Å²) in [7, 11) is -3.34. The molecule has 2 heterocycles. The molecule has 30 heavy (non-hydrogen) atoms. The number of hydrogen-bond donors (Lipinski definition) is 0. The highest BCUT2D eigenvalue weighted by Gasteiger charge is 2.42. The Kier molecular flexibility index (Phi) is 5.21. The van der Waals surface area contributed by atoms with Crippen molar-refractivity contribution in [3.63, 3.8) is 0 Å². The van der Waals surface area contributed by atoms with E-state index in [2.05, 4.69) is 10.1 Å². The number of amides is 2. The Balaban J connectivity index is 1.66. The van der Waals surface area contributed by atoms with Crippen LogP contribution in [0.1, 0.15) is 50.5 Å². The molecular formula is C21H19N3O5S. The lowest BCUT2D eigenvalue weighted by molar-refractivity contribution is 0.0547. The molecule has 1 aromatic heterocycles. The Morgan fingerprint density at radius 2 is 1.57 bits per heavy atom. The fourth-order valence-corrected chi connectivity index (χ4v) is 4.08. The number of imide groups is 1. The molecule has 9 heteroatoms. The average Bonchev–Trinajstić information content (AvgIpc) is 3.27. The number of nitrogens with zero attached hydrogens (tertiary/aromatic N) is 3. The maximum Gasteiger partial charge on any atom is 0.262 e. The van der Waals surface area contributed by atoms with E-state index in [1.165, 1.54) is 0 Å². The van der Waals surface area contributed by atoms with E-state index < -0.39 is 27.7 Å². The van der Waals surface area contributed by atoms with Crippen LogP contribution in [-0.4, -0.2) is 47.3 Å². The monoisotopic (exact) mass is 425 g/mol. The van der Waals surface area contributed by atoms with Crippen LogP contribution >= 0.6 is 0 Å². The summed E-state index contributed by atoms with van der Waals surface area (Å²) in [6.45, 7) is 0. The van der Waals surface area contributed by atoms with Crippen LogP contribution < -0.4 is 0 Å². The maximum atomic E-state index is 12.9. The molecule has 154 valence electrons. The summed E-state index contributed by atoms with van der Waals surface area (Å²) in [6, 6.07) is 15.0. The zero-order valence-corrected chi connectivity index (χ0v) is 17.0. The third-order valence-electron chi connectivity index (χ3n) is 4.87. The average molecular weight is 425 g/mol. The van der Waals surface area contributed by atoms with Gasteiger partial charge in [-0.3, -0.25) is 14.5 Å². The quantitative estimate of drug-likeness (QED) is 0.535. The molecule has 0 saturated heterocycles. The van der Waals surface area contributed by atoms with Crippen LogP contribution in [-0.2, 0) is 16.3 Å². The van der Waals surface area contributed by atoms with Gasteiger partial charge < -0.3 is 4.52 Å². The maximum absolute atomic E-state index is 12.9. The molecule has 3 aromatic rings. The van der Waals surface area contributed by atoms with E-state index in [-0.39, 0.29) is 29.2 Å². The van der Waals surface area contributed by atoms with Gasteiger partial charge in [0, 0.05) is 12.7 Å². The summed E-state index contributed by atoms with van der Waals surface area (Å²) in [4.78, 5) is 31.2. The number of rotatable bonds is 7. The molecule has 1 aliphatic rings. The van der Waals surface area contributed by atoms with Gasteiger partial charge in [0.25, 0.3) is 11.8 Å². The fraction of sp³-hybridized carbons (Fsp3) is 0.238. The normalized spacial score (nSPS) is 14.8. The van der Waals surface area contributed by atoms with Gasteiger partial charge >= 0.3 is 0 Å². The summed E-state index contributed by atoms with van der Waals surface area (Å²) in [5.41, 5.74) is 1.52. The lowest BCUT2D eigenvalue weighted by Gasteiger charge is -2.22. The van der Waals surface area contributed by atoms with Crippen LogP contribution in [0.5, 0.6) is 0 Å². The number of hydrogen-bond acceptors (Lipinski definition) is 7. The molecule has 4 rings (SSSR count). The third-order valence-corrected chi connectivity index (χ3v) is 5.85. The van der Waals surface area contributed by atoms with Crippen molar-refractivity contribution in [1.82, 2.24) is 15.0 Å². The van der Waals surface area contributed by atoms with E-state index in [1.54, 1.807) is 24.3 Å². The van der Waals surface area contributed by atoms with E-state index in [4.69, 9.17) is 4.52 Å². The molecule has 8 nitrogen and oxygen atoms in total. The minimum Gasteiger partial charge on any atom is -0.337 e. The highest BCUT2D eigenvalue weighted by Crippen LogP contribution is 2.33. The summed E-state index contributed by atoms with van der Waals surface area (Å²) in [5, 5.41) is 3.96. The molecule has 0 bridgehead atoms. The van der Waals surface area contributed by atoms with Gasteiger partial charge in [-0.2, -0.15) is 4.98 Å². The zero-order chi connectivity index (χ0) is 21.3. The lowest BCUT2D eigenvalue weighted by Crippen LogP contribution is -2.35. The molecule has 1 atom stereocenters.